The van der Waals surface area contributed by atoms with Crippen molar-refractivity contribution in [2.24, 2.45) is 5.92 Å². The standard InChI is InChI=1S/C12H14O4/c1-7(2)10-11(12(13)14)16-9-6-4-3-5-8(9)15-10/h3-7,10-11H,1-2H3,(H,13,14)/t10-,11+/m1/s1. The Morgan fingerprint density at radius 1 is 1.25 bits per heavy atom. The number of hydrogen-bond donors (Lipinski definition) is 1. The molecule has 1 aliphatic heterocycles. The highest BCUT2D eigenvalue weighted by molar-refractivity contribution is 5.74. The van der Waals surface area contributed by atoms with Crippen LogP contribution in [0.2, 0.25) is 0 Å². The highest BCUT2D eigenvalue weighted by Gasteiger charge is 2.38. The molecular formula is C12H14O4. The van der Waals surface area contributed by atoms with E-state index in [2.05, 4.69) is 0 Å². The van der Waals surface area contributed by atoms with E-state index in [-0.39, 0.29) is 5.92 Å². The summed E-state index contributed by atoms with van der Waals surface area (Å²) in [5, 5.41) is 9.08. The summed E-state index contributed by atoms with van der Waals surface area (Å²) in [5.74, 6) is 0.188. The van der Waals surface area contributed by atoms with Crippen LogP contribution in [0.4, 0.5) is 0 Å². The normalized spacial score (nSPS) is 23.2. The lowest BCUT2D eigenvalue weighted by atomic mass is 10.0. The number of carboxylic acid groups (broad SMARTS) is 1. The Kier molecular flexibility index (Phi) is 2.73. The van der Waals surface area contributed by atoms with Crippen LogP contribution in [-0.2, 0) is 4.79 Å². The maximum atomic E-state index is 11.1. The number of benzene rings is 1. The molecule has 1 aromatic rings. The molecule has 1 heterocycles. The van der Waals surface area contributed by atoms with Crippen LogP contribution in [0.5, 0.6) is 11.5 Å². The number of rotatable bonds is 2. The fourth-order valence-electron chi connectivity index (χ4n) is 1.73. The zero-order valence-electron chi connectivity index (χ0n) is 9.21. The number of carbonyl (C=O) groups is 1. The Labute approximate surface area is 93.8 Å². The van der Waals surface area contributed by atoms with Gasteiger partial charge in [0, 0.05) is 0 Å². The molecule has 1 aromatic carbocycles. The van der Waals surface area contributed by atoms with Crippen molar-refractivity contribution in [3.05, 3.63) is 24.3 Å². The average Bonchev–Trinajstić information content (AvgIpc) is 2.27. The van der Waals surface area contributed by atoms with Crippen LogP contribution in [0.1, 0.15) is 13.8 Å². The van der Waals surface area contributed by atoms with Gasteiger partial charge in [-0.3, -0.25) is 0 Å². The summed E-state index contributed by atoms with van der Waals surface area (Å²) in [6.45, 7) is 3.83. The third-order valence-electron chi connectivity index (χ3n) is 2.56. The molecule has 4 heteroatoms. The van der Waals surface area contributed by atoms with Gasteiger partial charge in [-0.25, -0.2) is 4.79 Å². The SMILES string of the molecule is CC(C)[C@H]1Oc2ccccc2O[C@@H]1C(=O)O. The van der Waals surface area contributed by atoms with Crippen LogP contribution in [0.15, 0.2) is 24.3 Å². The van der Waals surface area contributed by atoms with E-state index >= 15 is 0 Å². The van der Waals surface area contributed by atoms with Gasteiger partial charge < -0.3 is 14.6 Å². The average molecular weight is 222 g/mol. The van der Waals surface area contributed by atoms with Crippen LogP contribution < -0.4 is 9.47 Å². The zero-order valence-corrected chi connectivity index (χ0v) is 9.21. The molecule has 1 N–H and O–H groups in total. The predicted molar refractivity (Wildman–Crippen MR) is 57.7 cm³/mol. The number of ether oxygens (including phenoxy) is 2. The van der Waals surface area contributed by atoms with Gasteiger partial charge in [-0.15, -0.1) is 0 Å². The number of fused-ring (bicyclic) bond motifs is 1. The van der Waals surface area contributed by atoms with Crippen LogP contribution in [0.3, 0.4) is 0 Å². The molecule has 2 rings (SSSR count). The number of aliphatic carboxylic acids is 1. The molecule has 2 atom stereocenters. The lowest BCUT2D eigenvalue weighted by Gasteiger charge is -2.33. The van der Waals surface area contributed by atoms with Crippen molar-refractivity contribution in [3.63, 3.8) is 0 Å². The molecule has 4 nitrogen and oxygen atoms in total. The first-order chi connectivity index (χ1) is 7.59. The van der Waals surface area contributed by atoms with Gasteiger partial charge >= 0.3 is 5.97 Å². The first-order valence-corrected chi connectivity index (χ1v) is 5.24. The Morgan fingerprint density at radius 2 is 1.81 bits per heavy atom. The van der Waals surface area contributed by atoms with E-state index in [1.54, 1.807) is 18.2 Å². The number of carboxylic acids is 1. The number of para-hydroxylation sites is 2. The molecule has 0 radical (unpaired) electrons. The van der Waals surface area contributed by atoms with Crippen molar-refractivity contribution in [1.29, 1.82) is 0 Å². The third kappa shape index (κ3) is 1.83. The van der Waals surface area contributed by atoms with Gasteiger partial charge in [0.05, 0.1) is 0 Å². The smallest absolute Gasteiger partial charge is 0.348 e. The molecule has 0 aliphatic carbocycles. The maximum absolute atomic E-state index is 11.1. The second kappa shape index (κ2) is 4.04. The van der Waals surface area contributed by atoms with Gasteiger partial charge in [-0.2, -0.15) is 0 Å². The molecule has 0 saturated heterocycles. The summed E-state index contributed by atoms with van der Waals surface area (Å²) >= 11 is 0. The van der Waals surface area contributed by atoms with Crippen LogP contribution >= 0.6 is 0 Å². The molecule has 0 aromatic heterocycles. The summed E-state index contributed by atoms with van der Waals surface area (Å²) in [7, 11) is 0. The minimum atomic E-state index is -0.992. The maximum Gasteiger partial charge on any atom is 0.348 e. The Morgan fingerprint density at radius 3 is 2.31 bits per heavy atom. The Hall–Kier alpha value is -1.71. The third-order valence-corrected chi connectivity index (χ3v) is 2.56. The van der Waals surface area contributed by atoms with E-state index in [1.807, 2.05) is 19.9 Å². The van der Waals surface area contributed by atoms with E-state index in [0.717, 1.165) is 0 Å². The second-order valence-electron chi connectivity index (χ2n) is 4.15. The van der Waals surface area contributed by atoms with E-state index < -0.39 is 18.2 Å². The first-order valence-electron chi connectivity index (χ1n) is 5.24. The second-order valence-corrected chi connectivity index (χ2v) is 4.15. The summed E-state index contributed by atoms with van der Waals surface area (Å²) in [6.07, 6.45) is -1.39. The van der Waals surface area contributed by atoms with Crippen LogP contribution in [-0.4, -0.2) is 23.3 Å². The number of hydrogen-bond acceptors (Lipinski definition) is 3. The summed E-state index contributed by atoms with van der Waals surface area (Å²) in [5.41, 5.74) is 0. The van der Waals surface area contributed by atoms with Crippen molar-refractivity contribution in [1.82, 2.24) is 0 Å². The Bertz CT molecular complexity index is 400. The fraction of sp³-hybridized carbons (Fsp3) is 0.417. The summed E-state index contributed by atoms with van der Waals surface area (Å²) < 4.78 is 11.1. The van der Waals surface area contributed by atoms with Gasteiger partial charge in [-0.1, -0.05) is 26.0 Å². The minimum absolute atomic E-state index is 0.0782. The first kappa shape index (κ1) is 10.8. The van der Waals surface area contributed by atoms with Gasteiger partial charge in [0.2, 0.25) is 6.10 Å². The molecular weight excluding hydrogens is 208 g/mol. The van der Waals surface area contributed by atoms with Crippen molar-refractivity contribution in [2.75, 3.05) is 0 Å². The van der Waals surface area contributed by atoms with E-state index in [4.69, 9.17) is 14.6 Å². The molecule has 0 bridgehead atoms. The lowest BCUT2D eigenvalue weighted by Crippen LogP contribution is -2.48. The molecule has 16 heavy (non-hydrogen) atoms. The van der Waals surface area contributed by atoms with Gasteiger partial charge in [0.1, 0.15) is 6.10 Å². The van der Waals surface area contributed by atoms with E-state index in [1.165, 1.54) is 0 Å². The van der Waals surface area contributed by atoms with E-state index in [0.29, 0.717) is 11.5 Å². The zero-order chi connectivity index (χ0) is 11.7. The molecule has 0 fully saturated rings. The molecule has 0 amide bonds. The van der Waals surface area contributed by atoms with Gasteiger partial charge in [-0.05, 0) is 18.1 Å². The van der Waals surface area contributed by atoms with Crippen molar-refractivity contribution >= 4 is 5.97 Å². The van der Waals surface area contributed by atoms with Gasteiger partial charge in [0.25, 0.3) is 0 Å². The van der Waals surface area contributed by atoms with Crippen molar-refractivity contribution < 1.29 is 19.4 Å². The molecule has 0 saturated carbocycles. The Balaban J connectivity index is 2.33. The fourth-order valence-corrected chi connectivity index (χ4v) is 1.73. The minimum Gasteiger partial charge on any atom is -0.482 e. The quantitative estimate of drug-likeness (QED) is 0.830. The van der Waals surface area contributed by atoms with Crippen LogP contribution in [0, 0.1) is 5.92 Å². The summed E-state index contributed by atoms with van der Waals surface area (Å²) in [4.78, 5) is 11.1. The topological polar surface area (TPSA) is 55.8 Å². The summed E-state index contributed by atoms with van der Waals surface area (Å²) in [6, 6.07) is 7.11. The lowest BCUT2D eigenvalue weighted by molar-refractivity contribution is -0.153. The predicted octanol–water partition coefficient (Wildman–Crippen LogP) is 1.94. The highest BCUT2D eigenvalue weighted by atomic mass is 16.6. The monoisotopic (exact) mass is 222 g/mol. The van der Waals surface area contributed by atoms with Crippen molar-refractivity contribution in [2.45, 2.75) is 26.1 Å². The van der Waals surface area contributed by atoms with E-state index in [9.17, 15) is 4.79 Å². The molecule has 1 aliphatic rings. The molecule has 86 valence electrons. The van der Waals surface area contributed by atoms with Crippen LogP contribution in [0.25, 0.3) is 0 Å². The van der Waals surface area contributed by atoms with Gasteiger partial charge in [0.15, 0.2) is 11.5 Å². The molecule has 0 unspecified atom stereocenters. The highest BCUT2D eigenvalue weighted by Crippen LogP contribution is 2.35. The molecule has 0 spiro atoms. The largest absolute Gasteiger partial charge is 0.482 e. The van der Waals surface area contributed by atoms with Crippen molar-refractivity contribution in [3.8, 4) is 11.5 Å².